The summed E-state index contributed by atoms with van der Waals surface area (Å²) < 4.78 is 14.4. The molecule has 3 atom stereocenters. The van der Waals surface area contributed by atoms with Crippen LogP contribution in [0.15, 0.2) is 18.2 Å². The zero-order valence-electron chi connectivity index (χ0n) is 13.8. The van der Waals surface area contributed by atoms with E-state index in [1.165, 1.54) is 6.42 Å². The first-order valence-electron chi connectivity index (χ1n) is 8.31. The van der Waals surface area contributed by atoms with Gasteiger partial charge in [0.05, 0.1) is 0 Å². The van der Waals surface area contributed by atoms with Gasteiger partial charge in [-0.15, -0.1) is 0 Å². The normalized spacial score (nSPS) is 24.1. The van der Waals surface area contributed by atoms with E-state index >= 15 is 0 Å². The third-order valence-electron chi connectivity index (χ3n) is 4.84. The Kier molecular flexibility index (Phi) is 5.63. The molecular weight excluding hydrogens is 263 g/mol. The highest BCUT2D eigenvalue weighted by molar-refractivity contribution is 5.56. The van der Waals surface area contributed by atoms with Crippen molar-refractivity contribution in [2.75, 3.05) is 24.5 Å². The summed E-state index contributed by atoms with van der Waals surface area (Å²) in [6.07, 6.45) is 2.25. The topological polar surface area (TPSA) is 15.3 Å². The SMILES string of the molecule is CCCNC(C)c1c(F)cccc1N1CCC(C)C(C)C1. The Morgan fingerprint density at radius 3 is 2.76 bits per heavy atom. The molecule has 2 rings (SSSR count). The van der Waals surface area contributed by atoms with E-state index in [4.69, 9.17) is 0 Å². The van der Waals surface area contributed by atoms with Crippen LogP contribution in [-0.2, 0) is 0 Å². The molecule has 21 heavy (non-hydrogen) atoms. The zero-order chi connectivity index (χ0) is 15.4. The molecule has 1 heterocycles. The highest BCUT2D eigenvalue weighted by Gasteiger charge is 2.26. The number of nitrogens with one attached hydrogen (secondary N) is 1. The molecule has 3 heteroatoms. The Morgan fingerprint density at radius 2 is 2.10 bits per heavy atom. The molecule has 1 N–H and O–H groups in total. The van der Waals surface area contributed by atoms with Crippen LogP contribution >= 0.6 is 0 Å². The van der Waals surface area contributed by atoms with E-state index in [1.807, 2.05) is 6.07 Å². The molecule has 1 aliphatic heterocycles. The van der Waals surface area contributed by atoms with Gasteiger partial charge in [-0.2, -0.15) is 0 Å². The van der Waals surface area contributed by atoms with E-state index in [0.717, 1.165) is 43.2 Å². The van der Waals surface area contributed by atoms with Crippen molar-refractivity contribution in [2.24, 2.45) is 11.8 Å². The average molecular weight is 292 g/mol. The number of halogens is 1. The van der Waals surface area contributed by atoms with Crippen molar-refractivity contribution in [1.29, 1.82) is 0 Å². The van der Waals surface area contributed by atoms with Crippen LogP contribution < -0.4 is 10.2 Å². The van der Waals surface area contributed by atoms with E-state index < -0.39 is 0 Å². The lowest BCUT2D eigenvalue weighted by Gasteiger charge is -2.38. The van der Waals surface area contributed by atoms with Crippen molar-refractivity contribution in [3.63, 3.8) is 0 Å². The third kappa shape index (κ3) is 3.76. The first kappa shape index (κ1) is 16.3. The number of benzene rings is 1. The van der Waals surface area contributed by atoms with E-state index in [9.17, 15) is 4.39 Å². The summed E-state index contributed by atoms with van der Waals surface area (Å²) in [6.45, 7) is 11.8. The number of anilines is 1. The van der Waals surface area contributed by atoms with E-state index in [-0.39, 0.29) is 11.9 Å². The number of hydrogen-bond donors (Lipinski definition) is 1. The molecule has 0 amide bonds. The molecule has 3 unspecified atom stereocenters. The number of hydrogen-bond acceptors (Lipinski definition) is 2. The Balaban J connectivity index is 2.25. The van der Waals surface area contributed by atoms with E-state index in [2.05, 4.69) is 44.0 Å². The summed E-state index contributed by atoms with van der Waals surface area (Å²) in [5.41, 5.74) is 1.90. The first-order chi connectivity index (χ1) is 10.0. The lowest BCUT2D eigenvalue weighted by atomic mass is 9.88. The van der Waals surface area contributed by atoms with Crippen LogP contribution in [0, 0.1) is 17.7 Å². The molecule has 1 aliphatic rings. The molecule has 0 saturated carbocycles. The van der Waals surface area contributed by atoms with Crippen molar-refractivity contribution in [3.05, 3.63) is 29.6 Å². The van der Waals surface area contributed by atoms with Gasteiger partial charge in [0.2, 0.25) is 0 Å². The molecule has 0 radical (unpaired) electrons. The second-order valence-electron chi connectivity index (χ2n) is 6.54. The van der Waals surface area contributed by atoms with Crippen LogP contribution in [-0.4, -0.2) is 19.6 Å². The van der Waals surface area contributed by atoms with Crippen LogP contribution in [0.25, 0.3) is 0 Å². The van der Waals surface area contributed by atoms with Gasteiger partial charge >= 0.3 is 0 Å². The van der Waals surface area contributed by atoms with Crippen molar-refractivity contribution in [1.82, 2.24) is 5.32 Å². The van der Waals surface area contributed by atoms with Gasteiger partial charge in [0.25, 0.3) is 0 Å². The van der Waals surface area contributed by atoms with Crippen LogP contribution in [0.1, 0.15) is 52.1 Å². The van der Waals surface area contributed by atoms with Crippen molar-refractivity contribution in [3.8, 4) is 0 Å². The Labute approximate surface area is 128 Å². The van der Waals surface area contributed by atoms with Gasteiger partial charge in [0.1, 0.15) is 5.82 Å². The van der Waals surface area contributed by atoms with Crippen molar-refractivity contribution < 1.29 is 4.39 Å². The molecule has 118 valence electrons. The van der Waals surface area contributed by atoms with Crippen LogP contribution in [0.2, 0.25) is 0 Å². The molecule has 1 fully saturated rings. The lowest BCUT2D eigenvalue weighted by Crippen LogP contribution is -2.39. The largest absolute Gasteiger partial charge is 0.371 e. The lowest BCUT2D eigenvalue weighted by molar-refractivity contribution is 0.323. The summed E-state index contributed by atoms with van der Waals surface area (Å²) in [5, 5.41) is 3.42. The summed E-state index contributed by atoms with van der Waals surface area (Å²) >= 11 is 0. The highest BCUT2D eigenvalue weighted by atomic mass is 19.1. The first-order valence-corrected chi connectivity index (χ1v) is 8.31. The van der Waals surface area contributed by atoms with E-state index in [1.54, 1.807) is 6.07 Å². The fourth-order valence-electron chi connectivity index (χ4n) is 3.17. The molecule has 0 bridgehead atoms. The summed E-state index contributed by atoms with van der Waals surface area (Å²) in [4.78, 5) is 2.37. The maximum atomic E-state index is 14.4. The Morgan fingerprint density at radius 1 is 1.33 bits per heavy atom. The van der Waals surface area contributed by atoms with Gasteiger partial charge in [-0.05, 0) is 50.3 Å². The summed E-state index contributed by atoms with van der Waals surface area (Å²) in [7, 11) is 0. The summed E-state index contributed by atoms with van der Waals surface area (Å²) in [5.74, 6) is 1.33. The zero-order valence-corrected chi connectivity index (χ0v) is 13.8. The number of piperidine rings is 1. The predicted molar refractivity (Wildman–Crippen MR) is 88.3 cm³/mol. The van der Waals surface area contributed by atoms with Gasteiger partial charge < -0.3 is 10.2 Å². The minimum atomic E-state index is -0.0881. The second kappa shape index (κ2) is 7.26. The van der Waals surface area contributed by atoms with Gasteiger partial charge in [0.15, 0.2) is 0 Å². The molecular formula is C18H29FN2. The molecule has 1 aromatic rings. The smallest absolute Gasteiger partial charge is 0.130 e. The molecule has 2 nitrogen and oxygen atoms in total. The fraction of sp³-hybridized carbons (Fsp3) is 0.667. The third-order valence-corrected chi connectivity index (χ3v) is 4.84. The molecule has 0 spiro atoms. The maximum Gasteiger partial charge on any atom is 0.130 e. The summed E-state index contributed by atoms with van der Waals surface area (Å²) in [6, 6.07) is 5.55. The minimum absolute atomic E-state index is 0.0517. The van der Waals surface area contributed by atoms with Gasteiger partial charge in [0, 0.05) is 30.4 Å². The quantitative estimate of drug-likeness (QED) is 0.867. The average Bonchev–Trinajstić information content (AvgIpc) is 2.47. The maximum absolute atomic E-state index is 14.4. The van der Waals surface area contributed by atoms with Gasteiger partial charge in [-0.3, -0.25) is 0 Å². The standard InChI is InChI=1S/C18H29FN2/c1-5-10-20-15(4)18-16(19)7-6-8-17(18)21-11-9-13(2)14(3)12-21/h6-8,13-15,20H,5,9-12H2,1-4H3. The second-order valence-corrected chi connectivity index (χ2v) is 6.54. The number of nitrogens with zero attached hydrogens (tertiary/aromatic N) is 1. The molecule has 1 aromatic carbocycles. The number of rotatable bonds is 5. The predicted octanol–water partition coefficient (Wildman–Crippen LogP) is 4.37. The van der Waals surface area contributed by atoms with Gasteiger partial charge in [-0.25, -0.2) is 4.39 Å². The Hall–Kier alpha value is -1.09. The minimum Gasteiger partial charge on any atom is -0.371 e. The van der Waals surface area contributed by atoms with Crippen LogP contribution in [0.3, 0.4) is 0 Å². The van der Waals surface area contributed by atoms with Crippen LogP contribution in [0.5, 0.6) is 0 Å². The van der Waals surface area contributed by atoms with Crippen molar-refractivity contribution in [2.45, 2.75) is 46.6 Å². The monoisotopic (exact) mass is 292 g/mol. The van der Waals surface area contributed by atoms with Crippen LogP contribution in [0.4, 0.5) is 10.1 Å². The molecule has 0 aliphatic carbocycles. The molecule has 1 saturated heterocycles. The highest BCUT2D eigenvalue weighted by Crippen LogP contribution is 2.33. The fourth-order valence-corrected chi connectivity index (χ4v) is 3.17. The van der Waals surface area contributed by atoms with E-state index in [0.29, 0.717) is 5.92 Å². The van der Waals surface area contributed by atoms with Gasteiger partial charge in [-0.1, -0.05) is 26.8 Å². The molecule has 0 aromatic heterocycles. The van der Waals surface area contributed by atoms with Crippen molar-refractivity contribution >= 4 is 5.69 Å². The Bertz CT molecular complexity index is 461.